The number of anilines is 4. The second-order valence-corrected chi connectivity index (χ2v) is 6.92. The van der Waals surface area contributed by atoms with Crippen LogP contribution in [0.25, 0.3) is 0 Å². The van der Waals surface area contributed by atoms with E-state index in [9.17, 15) is 19.2 Å². The third-order valence-corrected chi connectivity index (χ3v) is 4.16. The van der Waals surface area contributed by atoms with E-state index >= 15 is 0 Å². The minimum Gasteiger partial charge on any atom is -0.326 e. The van der Waals surface area contributed by atoms with Gasteiger partial charge < -0.3 is 21.3 Å². The van der Waals surface area contributed by atoms with Crippen LogP contribution in [0.15, 0.2) is 48.5 Å². The Labute approximate surface area is 181 Å². The molecule has 0 aliphatic rings. The fourth-order valence-corrected chi connectivity index (χ4v) is 2.77. The number of carbonyl (C=O) groups is 4. The van der Waals surface area contributed by atoms with E-state index < -0.39 is 0 Å². The monoisotopic (exact) mass is 425 g/mol. The zero-order chi connectivity index (χ0) is 22.8. The van der Waals surface area contributed by atoms with Gasteiger partial charge in [-0.25, -0.2) is 0 Å². The summed E-state index contributed by atoms with van der Waals surface area (Å²) in [6.45, 7) is 5.34. The molecule has 0 saturated carbocycles. The van der Waals surface area contributed by atoms with Crippen LogP contribution in [-0.4, -0.2) is 48.2 Å². The van der Waals surface area contributed by atoms with Gasteiger partial charge in [-0.1, -0.05) is 6.92 Å². The molecule has 4 N–H and O–H groups in total. The van der Waals surface area contributed by atoms with Crippen LogP contribution in [0.5, 0.6) is 0 Å². The number of amides is 4. The molecular formula is C22H27N5O4. The van der Waals surface area contributed by atoms with Crippen molar-refractivity contribution >= 4 is 46.4 Å². The topological polar surface area (TPSA) is 120 Å². The highest BCUT2D eigenvalue weighted by Crippen LogP contribution is 2.14. The second kappa shape index (κ2) is 11.5. The van der Waals surface area contributed by atoms with Crippen LogP contribution in [-0.2, 0) is 19.2 Å². The summed E-state index contributed by atoms with van der Waals surface area (Å²) >= 11 is 0. The first kappa shape index (κ1) is 23.6. The van der Waals surface area contributed by atoms with Gasteiger partial charge in [-0.3, -0.25) is 24.1 Å². The molecule has 0 heterocycles. The quantitative estimate of drug-likeness (QED) is 0.492. The van der Waals surface area contributed by atoms with E-state index in [-0.39, 0.29) is 36.7 Å². The van der Waals surface area contributed by atoms with Gasteiger partial charge in [-0.15, -0.1) is 0 Å². The van der Waals surface area contributed by atoms with Crippen LogP contribution in [0, 0.1) is 0 Å². The van der Waals surface area contributed by atoms with Crippen LogP contribution in [0.4, 0.5) is 22.7 Å². The zero-order valence-corrected chi connectivity index (χ0v) is 17.8. The van der Waals surface area contributed by atoms with Gasteiger partial charge in [0, 0.05) is 36.6 Å². The minimum atomic E-state index is -0.249. The number of likely N-dealkylation sites (N-methyl/N-ethyl adjacent to an activating group) is 1. The van der Waals surface area contributed by atoms with Gasteiger partial charge in [-0.05, 0) is 55.1 Å². The summed E-state index contributed by atoms with van der Waals surface area (Å²) in [6.07, 6.45) is 0. The SMILES string of the molecule is CCN(CC(=O)Nc1ccc(NC(C)=O)cc1)CC(=O)Nc1ccc(NC(C)=O)cc1. The van der Waals surface area contributed by atoms with Gasteiger partial charge in [0.05, 0.1) is 13.1 Å². The predicted molar refractivity (Wildman–Crippen MR) is 121 cm³/mol. The first-order valence-electron chi connectivity index (χ1n) is 9.82. The maximum absolute atomic E-state index is 12.3. The summed E-state index contributed by atoms with van der Waals surface area (Å²) in [5, 5.41) is 10.9. The Balaban J connectivity index is 1.83. The Morgan fingerprint density at radius 1 is 0.613 bits per heavy atom. The lowest BCUT2D eigenvalue weighted by molar-refractivity contribution is -0.120. The number of nitrogens with one attached hydrogen (secondary N) is 4. The number of rotatable bonds is 9. The highest BCUT2D eigenvalue weighted by Gasteiger charge is 2.14. The third kappa shape index (κ3) is 8.67. The number of benzene rings is 2. The van der Waals surface area contributed by atoms with E-state index in [4.69, 9.17) is 0 Å². The Morgan fingerprint density at radius 2 is 0.903 bits per heavy atom. The highest BCUT2D eigenvalue weighted by molar-refractivity contribution is 5.95. The van der Waals surface area contributed by atoms with Crippen molar-refractivity contribution in [3.8, 4) is 0 Å². The van der Waals surface area contributed by atoms with Crippen molar-refractivity contribution in [3.63, 3.8) is 0 Å². The summed E-state index contributed by atoms with van der Waals surface area (Å²) in [6, 6.07) is 13.5. The van der Waals surface area contributed by atoms with Crippen molar-refractivity contribution in [2.24, 2.45) is 0 Å². The molecule has 0 atom stereocenters. The largest absolute Gasteiger partial charge is 0.326 e. The van der Waals surface area contributed by atoms with Gasteiger partial charge in [-0.2, -0.15) is 0 Å². The first-order chi connectivity index (χ1) is 14.7. The number of nitrogens with zero attached hydrogens (tertiary/aromatic N) is 1. The van der Waals surface area contributed by atoms with Crippen LogP contribution in [0.3, 0.4) is 0 Å². The third-order valence-electron chi connectivity index (χ3n) is 4.16. The van der Waals surface area contributed by atoms with Crippen molar-refractivity contribution in [2.75, 3.05) is 40.9 Å². The lowest BCUT2D eigenvalue weighted by Gasteiger charge is -2.19. The molecular weight excluding hydrogens is 398 g/mol. The molecule has 0 aromatic heterocycles. The molecule has 164 valence electrons. The predicted octanol–water partition coefficient (Wildman–Crippen LogP) is 2.50. The smallest absolute Gasteiger partial charge is 0.238 e. The molecule has 0 aliphatic carbocycles. The zero-order valence-electron chi connectivity index (χ0n) is 17.8. The number of hydrogen-bond donors (Lipinski definition) is 4. The average Bonchev–Trinajstić information content (AvgIpc) is 2.69. The van der Waals surface area contributed by atoms with Crippen molar-refractivity contribution in [2.45, 2.75) is 20.8 Å². The van der Waals surface area contributed by atoms with Crippen molar-refractivity contribution in [1.29, 1.82) is 0 Å². The van der Waals surface area contributed by atoms with Crippen molar-refractivity contribution < 1.29 is 19.2 Å². The summed E-state index contributed by atoms with van der Waals surface area (Å²) in [4.78, 5) is 48.5. The number of carbonyl (C=O) groups excluding carboxylic acids is 4. The van der Waals surface area contributed by atoms with Crippen LogP contribution in [0.1, 0.15) is 20.8 Å². The summed E-state index contributed by atoms with van der Waals surface area (Å²) < 4.78 is 0. The first-order valence-corrected chi connectivity index (χ1v) is 9.82. The molecule has 0 saturated heterocycles. The lowest BCUT2D eigenvalue weighted by atomic mass is 10.2. The van der Waals surface area contributed by atoms with Crippen LogP contribution in [0.2, 0.25) is 0 Å². The molecule has 9 nitrogen and oxygen atoms in total. The maximum Gasteiger partial charge on any atom is 0.238 e. The van der Waals surface area contributed by atoms with E-state index in [0.717, 1.165) is 0 Å². The fraction of sp³-hybridized carbons (Fsp3) is 0.273. The van der Waals surface area contributed by atoms with Gasteiger partial charge in [0.15, 0.2) is 0 Å². The van der Waals surface area contributed by atoms with E-state index in [1.54, 1.807) is 53.4 Å². The van der Waals surface area contributed by atoms with E-state index in [2.05, 4.69) is 21.3 Å². The standard InChI is InChI=1S/C22H27N5O4/c1-4-27(13-21(30)25-19-9-5-17(6-10-19)23-15(2)28)14-22(31)26-20-11-7-18(8-12-20)24-16(3)29/h5-12H,4,13-14H2,1-3H3,(H,23,28)(H,24,29)(H,25,30)(H,26,31). The Kier molecular flexibility index (Phi) is 8.71. The molecule has 4 amide bonds. The van der Waals surface area contributed by atoms with Gasteiger partial charge in [0.1, 0.15) is 0 Å². The van der Waals surface area contributed by atoms with Gasteiger partial charge in [0.25, 0.3) is 0 Å². The van der Waals surface area contributed by atoms with E-state index in [1.165, 1.54) is 13.8 Å². The molecule has 2 aromatic rings. The van der Waals surface area contributed by atoms with Crippen molar-refractivity contribution in [1.82, 2.24) is 4.90 Å². The molecule has 0 spiro atoms. The Bertz CT molecular complexity index is 850. The summed E-state index contributed by atoms with van der Waals surface area (Å²) in [5.74, 6) is -0.835. The molecule has 0 bridgehead atoms. The highest BCUT2D eigenvalue weighted by atomic mass is 16.2. The molecule has 0 radical (unpaired) electrons. The molecule has 0 aliphatic heterocycles. The van der Waals surface area contributed by atoms with Crippen LogP contribution < -0.4 is 21.3 Å². The van der Waals surface area contributed by atoms with E-state index in [1.807, 2.05) is 6.92 Å². The Hall–Kier alpha value is -3.72. The van der Waals surface area contributed by atoms with Crippen molar-refractivity contribution in [3.05, 3.63) is 48.5 Å². The van der Waals surface area contributed by atoms with E-state index in [0.29, 0.717) is 29.3 Å². The summed E-state index contributed by atoms with van der Waals surface area (Å²) in [5.41, 5.74) is 2.47. The minimum absolute atomic E-state index is 0.0544. The maximum atomic E-state index is 12.3. The molecule has 9 heteroatoms. The summed E-state index contributed by atoms with van der Waals surface area (Å²) in [7, 11) is 0. The van der Waals surface area contributed by atoms with Crippen LogP contribution >= 0.6 is 0 Å². The second-order valence-electron chi connectivity index (χ2n) is 6.92. The Morgan fingerprint density at radius 3 is 1.16 bits per heavy atom. The lowest BCUT2D eigenvalue weighted by Crippen LogP contribution is -2.38. The number of hydrogen-bond acceptors (Lipinski definition) is 5. The molecule has 0 fully saturated rings. The molecule has 2 aromatic carbocycles. The molecule has 0 unspecified atom stereocenters. The van der Waals surface area contributed by atoms with Gasteiger partial charge >= 0.3 is 0 Å². The van der Waals surface area contributed by atoms with Gasteiger partial charge in [0.2, 0.25) is 23.6 Å². The molecule has 31 heavy (non-hydrogen) atoms. The fourth-order valence-electron chi connectivity index (χ4n) is 2.77. The normalized spacial score (nSPS) is 10.3. The average molecular weight is 425 g/mol. The molecule has 2 rings (SSSR count).